The Kier molecular flexibility index (Phi) is 8.39. The second kappa shape index (κ2) is 10.8. The quantitative estimate of drug-likeness (QED) is 0.680. The summed E-state index contributed by atoms with van der Waals surface area (Å²) in [6.45, 7) is 8.99. The summed E-state index contributed by atoms with van der Waals surface area (Å²) in [6.07, 6.45) is 0.706. The average Bonchev–Trinajstić information content (AvgIpc) is 2.92. The highest BCUT2D eigenvalue weighted by Crippen LogP contribution is 2.13. The van der Waals surface area contributed by atoms with Gasteiger partial charge in [0.25, 0.3) is 0 Å². The number of carbonyl (C=O) groups excluding carboxylic acids is 2. The first-order chi connectivity index (χ1) is 13.0. The summed E-state index contributed by atoms with van der Waals surface area (Å²) in [5, 5.41) is 0. The lowest BCUT2D eigenvalue weighted by Crippen LogP contribution is -2.37. The maximum absolute atomic E-state index is 12.1. The summed E-state index contributed by atoms with van der Waals surface area (Å²) in [5.41, 5.74) is 0.502. The zero-order valence-corrected chi connectivity index (χ0v) is 16.5. The Labute approximate surface area is 161 Å². The molecule has 1 aliphatic rings. The molecule has 7 nitrogen and oxygen atoms in total. The number of hydrogen-bond donors (Lipinski definition) is 0. The van der Waals surface area contributed by atoms with Crippen LogP contribution in [0.25, 0.3) is 0 Å². The van der Waals surface area contributed by atoms with Crippen LogP contribution in [0.1, 0.15) is 30.6 Å². The van der Waals surface area contributed by atoms with Gasteiger partial charge in [-0.05, 0) is 36.6 Å². The lowest BCUT2D eigenvalue weighted by atomic mass is 10.2. The molecule has 1 amide bonds. The fourth-order valence-electron chi connectivity index (χ4n) is 2.80. The maximum Gasteiger partial charge on any atom is 0.409 e. The van der Waals surface area contributed by atoms with Crippen molar-refractivity contribution >= 4 is 12.1 Å². The van der Waals surface area contributed by atoms with Gasteiger partial charge in [-0.25, -0.2) is 9.59 Å². The van der Waals surface area contributed by atoms with Gasteiger partial charge >= 0.3 is 12.1 Å². The summed E-state index contributed by atoms with van der Waals surface area (Å²) in [4.78, 5) is 27.6. The van der Waals surface area contributed by atoms with E-state index in [9.17, 15) is 9.59 Å². The molecule has 7 heteroatoms. The fourth-order valence-corrected chi connectivity index (χ4v) is 2.80. The van der Waals surface area contributed by atoms with E-state index in [-0.39, 0.29) is 12.1 Å². The fraction of sp³-hybridized carbons (Fsp3) is 0.600. The van der Waals surface area contributed by atoms with Gasteiger partial charge in [-0.1, -0.05) is 13.8 Å². The van der Waals surface area contributed by atoms with Crippen LogP contribution in [0.15, 0.2) is 24.3 Å². The van der Waals surface area contributed by atoms with Crippen molar-refractivity contribution in [3.05, 3.63) is 29.8 Å². The smallest absolute Gasteiger partial charge is 0.409 e. The van der Waals surface area contributed by atoms with E-state index in [4.69, 9.17) is 9.47 Å². The van der Waals surface area contributed by atoms with Crippen LogP contribution >= 0.6 is 0 Å². The van der Waals surface area contributed by atoms with Gasteiger partial charge in [0.2, 0.25) is 0 Å². The molecule has 0 aromatic heterocycles. The molecule has 1 aliphatic heterocycles. The van der Waals surface area contributed by atoms with Gasteiger partial charge in [0.05, 0.1) is 19.3 Å². The first-order valence-electron chi connectivity index (χ1n) is 9.45. The third kappa shape index (κ3) is 7.09. The first kappa shape index (κ1) is 21.0. The van der Waals surface area contributed by atoms with Crippen molar-refractivity contribution in [3.63, 3.8) is 0 Å². The topological polar surface area (TPSA) is 68.3 Å². The van der Waals surface area contributed by atoms with Crippen molar-refractivity contribution in [2.75, 3.05) is 53.0 Å². The second-order valence-corrected chi connectivity index (χ2v) is 7.02. The predicted molar refractivity (Wildman–Crippen MR) is 102 cm³/mol. The third-order valence-corrected chi connectivity index (χ3v) is 4.34. The van der Waals surface area contributed by atoms with E-state index in [0.717, 1.165) is 38.3 Å². The first-order valence-corrected chi connectivity index (χ1v) is 9.45. The van der Waals surface area contributed by atoms with Gasteiger partial charge in [0, 0.05) is 32.7 Å². The molecule has 0 bridgehead atoms. The standard InChI is InChI=1S/C20H30N2O5/c1-16(2)15-27-20(24)22-10-4-9-21(11-12-22)13-14-26-18-7-5-17(6-8-18)19(23)25-3/h5-8,16H,4,9-15H2,1-3H3. The third-order valence-electron chi connectivity index (χ3n) is 4.34. The van der Waals surface area contributed by atoms with E-state index in [1.807, 2.05) is 13.8 Å². The minimum Gasteiger partial charge on any atom is -0.492 e. The number of methoxy groups -OCH3 is 1. The number of rotatable bonds is 7. The maximum atomic E-state index is 12.1. The molecule has 1 saturated heterocycles. The molecule has 1 fully saturated rings. The van der Waals surface area contributed by atoms with Crippen LogP contribution in [0.2, 0.25) is 0 Å². The number of carbonyl (C=O) groups is 2. The van der Waals surface area contributed by atoms with Gasteiger partial charge < -0.3 is 19.1 Å². The number of esters is 1. The van der Waals surface area contributed by atoms with E-state index >= 15 is 0 Å². The summed E-state index contributed by atoms with van der Waals surface area (Å²) >= 11 is 0. The summed E-state index contributed by atoms with van der Waals surface area (Å²) in [7, 11) is 1.36. The Hall–Kier alpha value is -2.28. The molecule has 27 heavy (non-hydrogen) atoms. The number of benzene rings is 1. The minimum atomic E-state index is -0.359. The summed E-state index contributed by atoms with van der Waals surface area (Å²) in [5.74, 6) is 0.704. The second-order valence-electron chi connectivity index (χ2n) is 7.02. The van der Waals surface area contributed by atoms with E-state index < -0.39 is 0 Å². The molecule has 150 valence electrons. The van der Waals surface area contributed by atoms with Crippen molar-refractivity contribution in [1.29, 1.82) is 0 Å². The van der Waals surface area contributed by atoms with E-state index in [0.29, 0.717) is 31.2 Å². The van der Waals surface area contributed by atoms with E-state index in [2.05, 4.69) is 9.64 Å². The zero-order chi connectivity index (χ0) is 19.6. The molecule has 0 saturated carbocycles. The molecule has 0 atom stereocenters. The van der Waals surface area contributed by atoms with Crippen LogP contribution in [0.3, 0.4) is 0 Å². The van der Waals surface area contributed by atoms with Gasteiger partial charge in [-0.3, -0.25) is 4.90 Å². The Bertz CT molecular complexity index is 603. The van der Waals surface area contributed by atoms with Crippen LogP contribution in [-0.2, 0) is 9.47 Å². The van der Waals surface area contributed by atoms with Crippen molar-refractivity contribution in [3.8, 4) is 5.75 Å². The normalized spacial score (nSPS) is 15.3. The van der Waals surface area contributed by atoms with Gasteiger partial charge in [-0.15, -0.1) is 0 Å². The molecule has 1 heterocycles. The number of ether oxygens (including phenoxy) is 3. The minimum absolute atomic E-state index is 0.215. The molecule has 0 unspecified atom stereocenters. The molecule has 0 N–H and O–H groups in total. The van der Waals surface area contributed by atoms with Crippen LogP contribution in [0.5, 0.6) is 5.75 Å². The molecular weight excluding hydrogens is 348 g/mol. The van der Waals surface area contributed by atoms with Gasteiger partial charge in [0.15, 0.2) is 0 Å². The summed E-state index contributed by atoms with van der Waals surface area (Å²) in [6, 6.07) is 6.91. The monoisotopic (exact) mass is 378 g/mol. The van der Waals surface area contributed by atoms with Gasteiger partial charge in [-0.2, -0.15) is 0 Å². The van der Waals surface area contributed by atoms with Gasteiger partial charge in [0.1, 0.15) is 12.4 Å². The van der Waals surface area contributed by atoms with Crippen molar-refractivity contribution < 1.29 is 23.8 Å². The molecule has 0 aliphatic carbocycles. The molecule has 2 rings (SSSR count). The Morgan fingerprint density at radius 1 is 1.07 bits per heavy atom. The number of nitrogens with zero attached hydrogens (tertiary/aromatic N) is 2. The van der Waals surface area contributed by atoms with Crippen molar-refractivity contribution in [1.82, 2.24) is 9.80 Å². The molecular formula is C20H30N2O5. The van der Waals surface area contributed by atoms with Crippen LogP contribution < -0.4 is 4.74 Å². The lowest BCUT2D eigenvalue weighted by Gasteiger charge is -2.22. The predicted octanol–water partition coefficient (Wildman–Crippen LogP) is 2.65. The lowest BCUT2D eigenvalue weighted by molar-refractivity contribution is 0.0600. The Morgan fingerprint density at radius 3 is 2.48 bits per heavy atom. The Balaban J connectivity index is 1.71. The molecule has 0 spiro atoms. The molecule has 1 aromatic rings. The highest BCUT2D eigenvalue weighted by atomic mass is 16.6. The van der Waals surface area contributed by atoms with Crippen LogP contribution in [0, 0.1) is 5.92 Å². The largest absolute Gasteiger partial charge is 0.492 e. The van der Waals surface area contributed by atoms with Crippen LogP contribution in [-0.4, -0.2) is 74.9 Å². The number of amides is 1. The molecule has 1 aromatic carbocycles. The van der Waals surface area contributed by atoms with E-state index in [1.54, 1.807) is 29.2 Å². The summed E-state index contributed by atoms with van der Waals surface area (Å²) < 4.78 is 15.8. The van der Waals surface area contributed by atoms with Crippen molar-refractivity contribution in [2.24, 2.45) is 5.92 Å². The molecule has 0 radical (unpaired) electrons. The zero-order valence-electron chi connectivity index (χ0n) is 16.5. The van der Waals surface area contributed by atoms with E-state index in [1.165, 1.54) is 7.11 Å². The van der Waals surface area contributed by atoms with Crippen LogP contribution in [0.4, 0.5) is 4.79 Å². The highest BCUT2D eigenvalue weighted by Gasteiger charge is 2.20. The van der Waals surface area contributed by atoms with Crippen molar-refractivity contribution in [2.45, 2.75) is 20.3 Å². The SMILES string of the molecule is COC(=O)c1ccc(OCCN2CCCN(C(=O)OCC(C)C)CC2)cc1. The number of hydrogen-bond acceptors (Lipinski definition) is 6. The average molecular weight is 378 g/mol. The highest BCUT2D eigenvalue weighted by molar-refractivity contribution is 5.89. The Morgan fingerprint density at radius 2 is 1.81 bits per heavy atom.